The van der Waals surface area contributed by atoms with Gasteiger partial charge in [-0.3, -0.25) is 14.0 Å². The van der Waals surface area contributed by atoms with Gasteiger partial charge < -0.3 is 15.0 Å². The molecule has 1 saturated heterocycles. The number of hydrogen-bond donors (Lipinski definition) is 2. The lowest BCUT2D eigenvalue weighted by Crippen LogP contribution is -2.43. The van der Waals surface area contributed by atoms with Crippen molar-refractivity contribution in [1.82, 2.24) is 28.9 Å². The Morgan fingerprint density at radius 2 is 1.81 bits per heavy atom. The first kappa shape index (κ1) is 28.4. The zero-order chi connectivity index (χ0) is 30.5. The highest BCUT2D eigenvalue weighted by Crippen LogP contribution is 2.32. The van der Waals surface area contributed by atoms with Crippen LogP contribution in [0.5, 0.6) is 0 Å². The van der Waals surface area contributed by atoms with Crippen molar-refractivity contribution in [2.24, 2.45) is 5.41 Å². The van der Waals surface area contributed by atoms with Gasteiger partial charge in [0.05, 0.1) is 49.1 Å². The lowest BCUT2D eigenvalue weighted by atomic mass is 9.89. The predicted octanol–water partition coefficient (Wildman–Crippen LogP) is 3.39. The molecular weight excluding hydrogens is 591 g/mol. The van der Waals surface area contributed by atoms with Gasteiger partial charge in [-0.2, -0.15) is 10.1 Å². The van der Waals surface area contributed by atoms with Crippen molar-refractivity contribution in [2.45, 2.75) is 26.6 Å². The van der Waals surface area contributed by atoms with Gasteiger partial charge in [0, 0.05) is 28.8 Å². The molecular formula is C28H23ClF3N7O4. The minimum Gasteiger partial charge on any atom is -0.380 e. The molecule has 0 spiro atoms. The van der Waals surface area contributed by atoms with Crippen LogP contribution in [0.15, 0.2) is 63.2 Å². The SMILES string of the molecule is CC1(Cn2cc3cc(Nc4nc(=O)n(Cc5ccc[nH]c5=O)c(=O)n4Cc4cc(F)c(F)c(F)c4)c(Cl)cc3n2)COC1. The molecule has 0 amide bonds. The standard InChI is InChI=1S/C28H23ClF3N7O4/c1-28(13-43-14-28)12-37-10-17-7-22(18(29)8-21(17)36-37)34-25-35-26(41)39(11-16-3-2-4-33-24(16)40)27(42)38(25)9-15-5-19(30)23(32)20(31)6-15/h2-8,10H,9,11-14H2,1H3,(H,33,40)(H,34,35,41). The predicted molar refractivity (Wildman–Crippen MR) is 151 cm³/mol. The third kappa shape index (κ3) is 5.58. The van der Waals surface area contributed by atoms with E-state index in [0.29, 0.717) is 35.2 Å². The Bertz CT molecular complexity index is 2040. The van der Waals surface area contributed by atoms with E-state index in [2.05, 4.69) is 27.3 Å². The van der Waals surface area contributed by atoms with Crippen molar-refractivity contribution in [1.29, 1.82) is 0 Å². The van der Waals surface area contributed by atoms with Gasteiger partial charge in [0.1, 0.15) is 0 Å². The van der Waals surface area contributed by atoms with Crippen LogP contribution in [0.25, 0.3) is 10.9 Å². The van der Waals surface area contributed by atoms with Crippen LogP contribution in [-0.2, 0) is 24.4 Å². The monoisotopic (exact) mass is 613 g/mol. The maximum Gasteiger partial charge on any atom is 0.355 e. The van der Waals surface area contributed by atoms with Gasteiger partial charge in [0.25, 0.3) is 5.56 Å². The fourth-order valence-corrected chi connectivity index (χ4v) is 5.07. The van der Waals surface area contributed by atoms with Crippen LogP contribution in [0, 0.1) is 22.9 Å². The normalized spacial score (nSPS) is 14.2. The molecule has 6 rings (SSSR count). The third-order valence-corrected chi connectivity index (χ3v) is 7.41. The van der Waals surface area contributed by atoms with Crippen molar-refractivity contribution in [3.05, 3.63) is 114 Å². The molecule has 1 aliphatic heterocycles. The quantitative estimate of drug-likeness (QED) is 0.257. The van der Waals surface area contributed by atoms with E-state index in [4.69, 9.17) is 16.3 Å². The summed E-state index contributed by atoms with van der Waals surface area (Å²) in [4.78, 5) is 45.4. The van der Waals surface area contributed by atoms with E-state index in [9.17, 15) is 27.6 Å². The number of fused-ring (bicyclic) bond motifs is 1. The molecule has 0 radical (unpaired) electrons. The second kappa shape index (κ2) is 10.9. The molecule has 4 heterocycles. The summed E-state index contributed by atoms with van der Waals surface area (Å²) in [6.07, 6.45) is 3.21. The van der Waals surface area contributed by atoms with Crippen LogP contribution in [0.1, 0.15) is 18.1 Å². The van der Waals surface area contributed by atoms with Crippen LogP contribution in [0.3, 0.4) is 0 Å². The van der Waals surface area contributed by atoms with Crippen molar-refractivity contribution in [3.63, 3.8) is 0 Å². The molecule has 43 heavy (non-hydrogen) atoms. The zero-order valence-electron chi connectivity index (χ0n) is 22.5. The number of nitrogens with zero attached hydrogens (tertiary/aromatic N) is 5. The summed E-state index contributed by atoms with van der Waals surface area (Å²) in [5.74, 6) is -4.88. The average Bonchev–Trinajstić information content (AvgIpc) is 3.32. The fraction of sp³-hybridized carbons (Fsp3) is 0.250. The van der Waals surface area contributed by atoms with Crippen LogP contribution in [0.2, 0.25) is 5.02 Å². The highest BCUT2D eigenvalue weighted by Gasteiger charge is 2.34. The number of anilines is 2. The Balaban J connectivity index is 1.42. The number of H-pyrrole nitrogens is 1. The van der Waals surface area contributed by atoms with Gasteiger partial charge in [-0.15, -0.1) is 0 Å². The Kier molecular flexibility index (Phi) is 7.18. The van der Waals surface area contributed by atoms with Crippen LogP contribution >= 0.6 is 11.6 Å². The number of aromatic nitrogens is 6. The van der Waals surface area contributed by atoms with Gasteiger partial charge in [-0.25, -0.2) is 27.3 Å². The maximum atomic E-state index is 14.0. The Morgan fingerprint density at radius 3 is 2.49 bits per heavy atom. The van der Waals surface area contributed by atoms with Crippen molar-refractivity contribution in [3.8, 4) is 0 Å². The number of rotatable bonds is 8. The van der Waals surface area contributed by atoms with Gasteiger partial charge in [0.15, 0.2) is 17.5 Å². The highest BCUT2D eigenvalue weighted by molar-refractivity contribution is 6.34. The van der Waals surface area contributed by atoms with Gasteiger partial charge in [-0.1, -0.05) is 24.6 Å². The molecule has 3 aromatic heterocycles. The molecule has 0 atom stereocenters. The molecule has 0 bridgehead atoms. The van der Waals surface area contributed by atoms with E-state index in [1.807, 2.05) is 6.20 Å². The van der Waals surface area contributed by atoms with Crippen molar-refractivity contribution in [2.75, 3.05) is 18.5 Å². The number of ether oxygens (including phenoxy) is 1. The molecule has 0 saturated carbocycles. The molecule has 15 heteroatoms. The highest BCUT2D eigenvalue weighted by atomic mass is 35.5. The summed E-state index contributed by atoms with van der Waals surface area (Å²) >= 11 is 6.53. The minimum absolute atomic E-state index is 0.0409. The lowest BCUT2D eigenvalue weighted by Gasteiger charge is -2.37. The summed E-state index contributed by atoms with van der Waals surface area (Å²) in [6, 6.07) is 7.67. The second-order valence-electron chi connectivity index (χ2n) is 10.7. The van der Waals surface area contributed by atoms with E-state index in [1.165, 1.54) is 18.3 Å². The van der Waals surface area contributed by atoms with Crippen molar-refractivity contribution < 1.29 is 17.9 Å². The Labute approximate surface area is 245 Å². The van der Waals surface area contributed by atoms with Crippen molar-refractivity contribution >= 4 is 34.1 Å². The van der Waals surface area contributed by atoms with Gasteiger partial charge in [0.2, 0.25) is 5.95 Å². The topological polar surface area (TPSA) is 129 Å². The zero-order valence-corrected chi connectivity index (χ0v) is 23.3. The van der Waals surface area contributed by atoms with E-state index in [0.717, 1.165) is 16.7 Å². The molecule has 11 nitrogen and oxygen atoms in total. The molecule has 1 fully saturated rings. The summed E-state index contributed by atoms with van der Waals surface area (Å²) in [5, 5.41) is 8.33. The lowest BCUT2D eigenvalue weighted by molar-refractivity contribution is -0.111. The molecule has 1 aliphatic rings. The smallest absolute Gasteiger partial charge is 0.355 e. The Morgan fingerprint density at radius 1 is 1.07 bits per heavy atom. The fourth-order valence-electron chi connectivity index (χ4n) is 4.86. The minimum atomic E-state index is -1.67. The number of hydrogen-bond acceptors (Lipinski definition) is 7. The molecule has 2 N–H and O–H groups in total. The van der Waals surface area contributed by atoms with E-state index in [-0.39, 0.29) is 33.2 Å². The molecule has 0 unspecified atom stereocenters. The van der Waals surface area contributed by atoms with Gasteiger partial charge in [-0.05, 0) is 35.9 Å². The van der Waals surface area contributed by atoms with Crippen LogP contribution in [0.4, 0.5) is 24.8 Å². The number of aromatic amines is 1. The number of halogens is 4. The molecule has 222 valence electrons. The average molecular weight is 614 g/mol. The van der Waals surface area contributed by atoms with E-state index >= 15 is 0 Å². The third-order valence-electron chi connectivity index (χ3n) is 7.09. The number of benzene rings is 2. The maximum absolute atomic E-state index is 14.0. The second-order valence-corrected chi connectivity index (χ2v) is 11.1. The Hall–Kier alpha value is -4.69. The molecule has 5 aromatic rings. The summed E-state index contributed by atoms with van der Waals surface area (Å²) in [5.41, 5.74) is -1.66. The molecule has 0 aliphatic carbocycles. The summed E-state index contributed by atoms with van der Waals surface area (Å²) in [6.45, 7) is 3.01. The van der Waals surface area contributed by atoms with E-state index < -0.39 is 47.5 Å². The van der Waals surface area contributed by atoms with Crippen LogP contribution < -0.4 is 22.3 Å². The summed E-state index contributed by atoms with van der Waals surface area (Å²) in [7, 11) is 0. The number of pyridine rings is 1. The van der Waals surface area contributed by atoms with E-state index in [1.54, 1.807) is 16.8 Å². The first-order chi connectivity index (χ1) is 20.5. The first-order valence-corrected chi connectivity index (χ1v) is 13.4. The van der Waals surface area contributed by atoms with Crippen LogP contribution in [-0.4, -0.2) is 42.1 Å². The molecule has 2 aromatic carbocycles. The largest absolute Gasteiger partial charge is 0.380 e. The number of nitrogens with one attached hydrogen (secondary N) is 2. The summed E-state index contributed by atoms with van der Waals surface area (Å²) < 4.78 is 50.4. The first-order valence-electron chi connectivity index (χ1n) is 13.0. The van der Waals surface area contributed by atoms with Gasteiger partial charge >= 0.3 is 11.4 Å².